The highest BCUT2D eigenvalue weighted by Crippen LogP contribution is 2.18. The third-order valence-electron chi connectivity index (χ3n) is 5.31. The van der Waals surface area contributed by atoms with Crippen LogP contribution in [0.2, 0.25) is 0 Å². The van der Waals surface area contributed by atoms with Gasteiger partial charge in [0.2, 0.25) is 0 Å². The lowest BCUT2D eigenvalue weighted by molar-refractivity contribution is -0.0316. The number of benzene rings is 1. The van der Waals surface area contributed by atoms with E-state index < -0.39 is 0 Å². The molecule has 1 N–H and O–H groups in total. The topological polar surface area (TPSA) is 67.4 Å². The first-order valence-corrected chi connectivity index (χ1v) is 9.74. The molecule has 0 unspecified atom stereocenters. The highest BCUT2D eigenvalue weighted by molar-refractivity contribution is 5.92. The van der Waals surface area contributed by atoms with Gasteiger partial charge in [0.1, 0.15) is 12.0 Å². The van der Waals surface area contributed by atoms with Crippen molar-refractivity contribution >= 4 is 5.91 Å². The SMILES string of the molecule is O=C(NCCCN1CCc2ccccc2C1)c1cc(CC2COC2)ncn1. The summed E-state index contributed by atoms with van der Waals surface area (Å²) in [5.74, 6) is 0.401. The molecule has 142 valence electrons. The average molecular weight is 366 g/mol. The van der Waals surface area contributed by atoms with Crippen molar-refractivity contribution in [1.82, 2.24) is 20.2 Å². The van der Waals surface area contributed by atoms with Gasteiger partial charge in [-0.05, 0) is 36.5 Å². The number of aromatic nitrogens is 2. The predicted molar refractivity (Wildman–Crippen MR) is 102 cm³/mol. The van der Waals surface area contributed by atoms with Gasteiger partial charge in [-0.15, -0.1) is 0 Å². The quantitative estimate of drug-likeness (QED) is 0.758. The van der Waals surface area contributed by atoms with Crippen molar-refractivity contribution < 1.29 is 9.53 Å². The summed E-state index contributed by atoms with van der Waals surface area (Å²) >= 11 is 0. The van der Waals surface area contributed by atoms with E-state index in [1.165, 1.54) is 17.5 Å². The minimum absolute atomic E-state index is 0.118. The van der Waals surface area contributed by atoms with Crippen molar-refractivity contribution in [3.63, 3.8) is 0 Å². The van der Waals surface area contributed by atoms with Crippen LogP contribution in [-0.4, -0.2) is 53.6 Å². The normalized spacial score (nSPS) is 17.2. The Bertz CT molecular complexity index is 791. The van der Waals surface area contributed by atoms with Crippen molar-refractivity contribution in [2.24, 2.45) is 5.92 Å². The third kappa shape index (κ3) is 4.70. The molecule has 1 aromatic heterocycles. The number of hydrogen-bond donors (Lipinski definition) is 1. The standard InChI is InChI=1S/C21H26N4O2/c26-21(20-11-19(23-15-24-20)10-16-13-27-14-16)22-7-3-8-25-9-6-17-4-1-2-5-18(17)12-25/h1-2,4-5,11,15-16H,3,6-10,12-14H2,(H,22,26). The first-order chi connectivity index (χ1) is 13.3. The number of amides is 1. The molecule has 2 aromatic rings. The molecule has 1 saturated heterocycles. The van der Waals surface area contributed by atoms with Crippen LogP contribution >= 0.6 is 0 Å². The summed E-state index contributed by atoms with van der Waals surface area (Å²) in [6.07, 6.45) is 4.37. The lowest BCUT2D eigenvalue weighted by atomic mass is 10.00. The molecule has 0 aliphatic carbocycles. The summed E-state index contributed by atoms with van der Waals surface area (Å²) < 4.78 is 5.19. The van der Waals surface area contributed by atoms with E-state index in [0.29, 0.717) is 18.2 Å². The summed E-state index contributed by atoms with van der Waals surface area (Å²) in [5, 5.41) is 2.99. The molecule has 0 bridgehead atoms. The molecular weight excluding hydrogens is 340 g/mol. The summed E-state index contributed by atoms with van der Waals surface area (Å²) in [6.45, 7) is 5.31. The number of carbonyl (C=O) groups excluding carboxylic acids is 1. The Kier molecular flexibility index (Phi) is 5.75. The molecule has 4 rings (SSSR count). The minimum Gasteiger partial charge on any atom is -0.381 e. The van der Waals surface area contributed by atoms with E-state index in [9.17, 15) is 4.79 Å². The number of nitrogens with zero attached hydrogens (tertiary/aromatic N) is 3. The molecule has 3 heterocycles. The van der Waals surface area contributed by atoms with E-state index in [-0.39, 0.29) is 5.91 Å². The zero-order chi connectivity index (χ0) is 18.5. The van der Waals surface area contributed by atoms with E-state index in [1.807, 2.05) is 0 Å². The number of fused-ring (bicyclic) bond motifs is 1. The van der Waals surface area contributed by atoms with E-state index in [2.05, 4.69) is 44.5 Å². The van der Waals surface area contributed by atoms with Crippen LogP contribution in [0, 0.1) is 5.92 Å². The van der Waals surface area contributed by atoms with Crippen LogP contribution in [0.1, 0.15) is 33.7 Å². The third-order valence-corrected chi connectivity index (χ3v) is 5.31. The van der Waals surface area contributed by atoms with Gasteiger partial charge >= 0.3 is 0 Å². The van der Waals surface area contributed by atoms with Gasteiger partial charge in [-0.2, -0.15) is 0 Å². The van der Waals surface area contributed by atoms with Crippen molar-refractivity contribution in [3.05, 3.63) is 59.2 Å². The Morgan fingerprint density at radius 3 is 2.89 bits per heavy atom. The summed E-state index contributed by atoms with van der Waals surface area (Å²) in [5.41, 5.74) is 4.26. The molecule has 6 heteroatoms. The highest BCUT2D eigenvalue weighted by atomic mass is 16.5. The Balaban J connectivity index is 1.20. The van der Waals surface area contributed by atoms with Crippen LogP contribution in [-0.2, 0) is 24.1 Å². The lowest BCUT2D eigenvalue weighted by Gasteiger charge is -2.28. The Labute approximate surface area is 160 Å². The monoisotopic (exact) mass is 366 g/mol. The number of hydrogen-bond acceptors (Lipinski definition) is 5. The lowest BCUT2D eigenvalue weighted by Crippen LogP contribution is -2.34. The van der Waals surface area contributed by atoms with Crippen LogP contribution in [0.25, 0.3) is 0 Å². The number of ether oxygens (including phenoxy) is 1. The molecule has 0 atom stereocenters. The van der Waals surface area contributed by atoms with Gasteiger partial charge < -0.3 is 10.1 Å². The van der Waals surface area contributed by atoms with E-state index in [1.54, 1.807) is 6.07 Å². The summed E-state index contributed by atoms with van der Waals surface area (Å²) in [7, 11) is 0. The van der Waals surface area contributed by atoms with Crippen LogP contribution in [0.15, 0.2) is 36.7 Å². The van der Waals surface area contributed by atoms with Crippen molar-refractivity contribution in [1.29, 1.82) is 0 Å². The van der Waals surface area contributed by atoms with Crippen LogP contribution < -0.4 is 5.32 Å². The first-order valence-electron chi connectivity index (χ1n) is 9.74. The van der Waals surface area contributed by atoms with Crippen LogP contribution in [0.4, 0.5) is 0 Å². The molecule has 0 saturated carbocycles. The predicted octanol–water partition coefficient (Wildman–Crippen LogP) is 1.84. The van der Waals surface area contributed by atoms with Crippen LogP contribution in [0.3, 0.4) is 0 Å². The minimum atomic E-state index is -0.118. The molecule has 1 aromatic carbocycles. The van der Waals surface area contributed by atoms with Gasteiger partial charge in [-0.3, -0.25) is 9.69 Å². The second-order valence-electron chi connectivity index (χ2n) is 7.41. The largest absolute Gasteiger partial charge is 0.381 e. The zero-order valence-corrected chi connectivity index (χ0v) is 15.6. The molecule has 2 aliphatic heterocycles. The molecule has 27 heavy (non-hydrogen) atoms. The van der Waals surface area contributed by atoms with Crippen molar-refractivity contribution in [2.75, 3.05) is 32.8 Å². The first kappa shape index (κ1) is 18.1. The maximum atomic E-state index is 12.3. The van der Waals surface area contributed by atoms with Gasteiger partial charge in [0.05, 0.1) is 13.2 Å². The molecular formula is C21H26N4O2. The maximum absolute atomic E-state index is 12.3. The van der Waals surface area contributed by atoms with Gasteiger partial charge in [0, 0.05) is 37.8 Å². The van der Waals surface area contributed by atoms with E-state index in [4.69, 9.17) is 4.74 Å². The maximum Gasteiger partial charge on any atom is 0.270 e. The number of nitrogens with one attached hydrogen (secondary N) is 1. The van der Waals surface area contributed by atoms with Crippen molar-refractivity contribution in [2.45, 2.75) is 25.8 Å². The van der Waals surface area contributed by atoms with Gasteiger partial charge in [0.15, 0.2) is 0 Å². The summed E-state index contributed by atoms with van der Waals surface area (Å²) in [6, 6.07) is 10.5. The van der Waals surface area contributed by atoms with Gasteiger partial charge in [-0.1, -0.05) is 24.3 Å². The second kappa shape index (κ2) is 8.59. The highest BCUT2D eigenvalue weighted by Gasteiger charge is 2.20. The Morgan fingerprint density at radius 2 is 2.07 bits per heavy atom. The summed E-state index contributed by atoms with van der Waals surface area (Å²) in [4.78, 5) is 23.2. The molecule has 2 aliphatic rings. The van der Waals surface area contributed by atoms with E-state index in [0.717, 1.165) is 57.8 Å². The van der Waals surface area contributed by atoms with Crippen LogP contribution in [0.5, 0.6) is 0 Å². The molecule has 0 spiro atoms. The molecule has 1 fully saturated rings. The molecule has 1 amide bonds. The number of rotatable bonds is 7. The fraction of sp³-hybridized carbons (Fsp3) is 0.476. The number of carbonyl (C=O) groups is 1. The molecule has 6 nitrogen and oxygen atoms in total. The Hall–Kier alpha value is -2.31. The fourth-order valence-electron chi connectivity index (χ4n) is 3.67. The smallest absolute Gasteiger partial charge is 0.270 e. The second-order valence-corrected chi connectivity index (χ2v) is 7.41. The van der Waals surface area contributed by atoms with E-state index >= 15 is 0 Å². The Morgan fingerprint density at radius 1 is 1.22 bits per heavy atom. The average Bonchev–Trinajstić information content (AvgIpc) is 2.68. The van der Waals surface area contributed by atoms with Gasteiger partial charge in [0.25, 0.3) is 5.91 Å². The van der Waals surface area contributed by atoms with Crippen molar-refractivity contribution in [3.8, 4) is 0 Å². The zero-order valence-electron chi connectivity index (χ0n) is 15.6. The fourth-order valence-corrected chi connectivity index (χ4v) is 3.67. The van der Waals surface area contributed by atoms with Gasteiger partial charge in [-0.25, -0.2) is 9.97 Å². The molecule has 0 radical (unpaired) electrons.